The van der Waals surface area contributed by atoms with Crippen molar-refractivity contribution < 1.29 is 18.0 Å². The normalized spacial score (nSPS) is 18.3. The smallest absolute Gasteiger partial charge is 0.346 e. The van der Waals surface area contributed by atoms with Crippen molar-refractivity contribution in [1.82, 2.24) is 20.2 Å². The van der Waals surface area contributed by atoms with E-state index in [0.717, 1.165) is 13.0 Å². The minimum atomic E-state index is -4.39. The average molecular weight is 331 g/mol. The first-order valence-electron chi connectivity index (χ1n) is 7.47. The van der Waals surface area contributed by atoms with Gasteiger partial charge in [-0.3, -0.25) is 9.69 Å². The summed E-state index contributed by atoms with van der Waals surface area (Å²) in [6.45, 7) is 2.91. The van der Waals surface area contributed by atoms with Gasteiger partial charge in [0.1, 0.15) is 6.54 Å². The number of rotatable bonds is 4. The molecule has 0 saturated carbocycles. The van der Waals surface area contributed by atoms with Crippen molar-refractivity contribution in [2.24, 2.45) is 0 Å². The molecule has 1 amide bonds. The molecule has 9 heteroatoms. The number of nitrogens with one attached hydrogen (secondary N) is 1. The lowest BCUT2D eigenvalue weighted by atomic mass is 10.2. The van der Waals surface area contributed by atoms with Crippen LogP contribution in [0.4, 0.5) is 19.1 Å². The third-order valence-corrected chi connectivity index (χ3v) is 3.76. The number of halogens is 3. The highest BCUT2D eigenvalue weighted by Gasteiger charge is 2.30. The molecule has 6 nitrogen and oxygen atoms in total. The average Bonchev–Trinajstić information content (AvgIpc) is 2.78. The minimum Gasteiger partial charge on any atom is -0.346 e. The Kier molecular flexibility index (Phi) is 5.75. The van der Waals surface area contributed by atoms with Gasteiger partial charge in [0.05, 0.1) is 6.04 Å². The monoisotopic (exact) mass is 331 g/mol. The number of anilines is 1. The second-order valence-electron chi connectivity index (χ2n) is 5.43. The Bertz CT molecular complexity index is 511. The molecule has 2 rings (SSSR count). The summed E-state index contributed by atoms with van der Waals surface area (Å²) in [4.78, 5) is 24.2. The highest BCUT2D eigenvalue weighted by Crippen LogP contribution is 2.14. The van der Waals surface area contributed by atoms with E-state index in [1.165, 1.54) is 0 Å². The molecule has 1 aliphatic rings. The Labute approximate surface area is 132 Å². The molecule has 2 heterocycles. The van der Waals surface area contributed by atoms with Crippen molar-refractivity contribution in [3.05, 3.63) is 18.5 Å². The van der Waals surface area contributed by atoms with E-state index in [0.29, 0.717) is 25.6 Å². The quantitative estimate of drug-likeness (QED) is 0.894. The molecule has 128 valence electrons. The van der Waals surface area contributed by atoms with Gasteiger partial charge in [0.2, 0.25) is 11.9 Å². The number of nitrogens with zero attached hydrogens (tertiary/aromatic N) is 4. The van der Waals surface area contributed by atoms with E-state index in [9.17, 15) is 18.0 Å². The molecular formula is C14H20F3N5O. The van der Waals surface area contributed by atoms with Crippen LogP contribution in [0.5, 0.6) is 0 Å². The number of hydrogen-bond donors (Lipinski definition) is 1. The van der Waals surface area contributed by atoms with Gasteiger partial charge in [-0.05, 0) is 19.4 Å². The van der Waals surface area contributed by atoms with Crippen molar-refractivity contribution in [2.75, 3.05) is 37.6 Å². The van der Waals surface area contributed by atoms with Gasteiger partial charge in [-0.25, -0.2) is 9.97 Å². The molecule has 1 N–H and O–H groups in total. The largest absolute Gasteiger partial charge is 0.405 e. The molecule has 1 aliphatic heterocycles. The first-order valence-corrected chi connectivity index (χ1v) is 7.47. The van der Waals surface area contributed by atoms with Gasteiger partial charge < -0.3 is 10.2 Å². The van der Waals surface area contributed by atoms with Crippen LogP contribution in [0.3, 0.4) is 0 Å². The van der Waals surface area contributed by atoms with Crippen LogP contribution >= 0.6 is 0 Å². The highest BCUT2D eigenvalue weighted by molar-refractivity contribution is 5.81. The molecule has 0 bridgehead atoms. The summed E-state index contributed by atoms with van der Waals surface area (Å²) < 4.78 is 36.5. The molecule has 23 heavy (non-hydrogen) atoms. The molecule has 1 fully saturated rings. The predicted octanol–water partition coefficient (Wildman–Crippen LogP) is 1.06. The summed E-state index contributed by atoms with van der Waals surface area (Å²) in [5.41, 5.74) is 0. The van der Waals surface area contributed by atoms with Crippen molar-refractivity contribution >= 4 is 11.9 Å². The van der Waals surface area contributed by atoms with Crippen molar-refractivity contribution in [3.63, 3.8) is 0 Å². The molecule has 0 aromatic carbocycles. The number of aromatic nitrogens is 2. The van der Waals surface area contributed by atoms with E-state index in [-0.39, 0.29) is 0 Å². The highest BCUT2D eigenvalue weighted by atomic mass is 19.4. The molecule has 0 aliphatic carbocycles. The zero-order chi connectivity index (χ0) is 16.9. The fourth-order valence-corrected chi connectivity index (χ4v) is 2.48. The molecule has 1 aromatic heterocycles. The molecule has 0 unspecified atom stereocenters. The maximum absolute atomic E-state index is 12.2. The van der Waals surface area contributed by atoms with Gasteiger partial charge in [-0.1, -0.05) is 0 Å². The van der Waals surface area contributed by atoms with Gasteiger partial charge in [0.15, 0.2) is 0 Å². The van der Waals surface area contributed by atoms with Gasteiger partial charge in [-0.2, -0.15) is 13.2 Å². The lowest BCUT2D eigenvalue weighted by molar-refractivity contribution is -0.141. The summed E-state index contributed by atoms with van der Waals surface area (Å²) in [6, 6.07) is 1.13. The number of alkyl halides is 3. The summed E-state index contributed by atoms with van der Waals surface area (Å²) >= 11 is 0. The van der Waals surface area contributed by atoms with Crippen LogP contribution < -0.4 is 10.2 Å². The Hall–Kier alpha value is -1.90. The zero-order valence-corrected chi connectivity index (χ0v) is 12.9. The fourth-order valence-electron chi connectivity index (χ4n) is 2.48. The summed E-state index contributed by atoms with van der Waals surface area (Å²) in [5, 5.41) is 1.94. The van der Waals surface area contributed by atoms with Gasteiger partial charge in [0.25, 0.3) is 0 Å². The summed E-state index contributed by atoms with van der Waals surface area (Å²) in [5.74, 6) is 0.0234. The van der Waals surface area contributed by atoms with Crippen LogP contribution in [0.1, 0.15) is 13.3 Å². The Morgan fingerprint density at radius 3 is 2.61 bits per heavy atom. The topological polar surface area (TPSA) is 61.4 Å². The molecule has 1 saturated heterocycles. The second kappa shape index (κ2) is 7.58. The van der Waals surface area contributed by atoms with E-state index in [1.54, 1.807) is 25.4 Å². The second-order valence-corrected chi connectivity index (χ2v) is 5.43. The van der Waals surface area contributed by atoms with Crippen molar-refractivity contribution in [2.45, 2.75) is 25.6 Å². The predicted molar refractivity (Wildman–Crippen MR) is 79.0 cm³/mol. The van der Waals surface area contributed by atoms with Gasteiger partial charge in [-0.15, -0.1) is 0 Å². The third kappa shape index (κ3) is 5.34. The van der Waals surface area contributed by atoms with E-state index < -0.39 is 24.7 Å². The van der Waals surface area contributed by atoms with E-state index in [1.807, 2.05) is 15.1 Å². The zero-order valence-electron chi connectivity index (χ0n) is 12.9. The number of hydrogen-bond acceptors (Lipinski definition) is 5. The maximum Gasteiger partial charge on any atom is 0.405 e. The Balaban J connectivity index is 1.88. The SMILES string of the molecule is C[C@H](C(=O)NCC(F)(F)F)N1CCCN(c2ncccn2)CC1. The molecule has 0 spiro atoms. The van der Waals surface area contributed by atoms with Crippen molar-refractivity contribution in [1.29, 1.82) is 0 Å². The lowest BCUT2D eigenvalue weighted by Gasteiger charge is -2.27. The Morgan fingerprint density at radius 2 is 1.96 bits per heavy atom. The van der Waals surface area contributed by atoms with Crippen LogP contribution in [0, 0.1) is 0 Å². The van der Waals surface area contributed by atoms with E-state index in [2.05, 4.69) is 9.97 Å². The first kappa shape index (κ1) is 17.5. The first-order chi connectivity index (χ1) is 10.9. The van der Waals surface area contributed by atoms with Gasteiger partial charge in [0, 0.05) is 38.6 Å². The van der Waals surface area contributed by atoms with E-state index in [4.69, 9.17) is 0 Å². The van der Waals surface area contributed by atoms with Crippen LogP contribution in [0.2, 0.25) is 0 Å². The summed E-state index contributed by atoms with van der Waals surface area (Å²) in [7, 11) is 0. The third-order valence-electron chi connectivity index (χ3n) is 3.76. The number of carbonyl (C=O) groups excluding carboxylic acids is 1. The van der Waals surface area contributed by atoms with Crippen molar-refractivity contribution in [3.8, 4) is 0 Å². The molecular weight excluding hydrogens is 311 g/mol. The Morgan fingerprint density at radius 1 is 1.26 bits per heavy atom. The van der Waals surface area contributed by atoms with Crippen LogP contribution in [-0.4, -0.2) is 65.7 Å². The van der Waals surface area contributed by atoms with Crippen LogP contribution in [-0.2, 0) is 4.79 Å². The molecule has 1 atom stereocenters. The lowest BCUT2D eigenvalue weighted by Crippen LogP contribution is -2.48. The maximum atomic E-state index is 12.2. The number of amides is 1. The summed E-state index contributed by atoms with van der Waals surface area (Å²) in [6.07, 6.45) is -0.277. The molecule has 1 aromatic rings. The minimum absolute atomic E-state index is 0.568. The number of carbonyl (C=O) groups is 1. The molecule has 0 radical (unpaired) electrons. The fraction of sp³-hybridized carbons (Fsp3) is 0.643. The van der Waals surface area contributed by atoms with Gasteiger partial charge >= 0.3 is 6.18 Å². The van der Waals surface area contributed by atoms with E-state index >= 15 is 0 Å². The van der Waals surface area contributed by atoms with Crippen LogP contribution in [0.25, 0.3) is 0 Å². The standard InChI is InChI=1S/C14H20F3N5O/c1-11(12(23)20-10-14(15,16)17)21-6-3-7-22(9-8-21)13-18-4-2-5-19-13/h2,4-5,11H,3,6-10H2,1H3,(H,20,23)/t11-/m1/s1. The van der Waals surface area contributed by atoms with Crippen LogP contribution in [0.15, 0.2) is 18.5 Å².